The van der Waals surface area contributed by atoms with Crippen molar-refractivity contribution in [2.24, 2.45) is 0 Å². The fourth-order valence-electron chi connectivity index (χ4n) is 2.02. The number of esters is 2. The normalized spacial score (nSPS) is 29.5. The number of aliphatic hydroxyl groups is 3. The lowest BCUT2D eigenvalue weighted by atomic mass is 9.99. The smallest absolute Gasteiger partial charge is 0.342 e. The van der Waals surface area contributed by atoms with Crippen molar-refractivity contribution in [3.05, 3.63) is 42.7 Å². The van der Waals surface area contributed by atoms with Gasteiger partial charge in [-0.05, 0) is 12.1 Å². The van der Waals surface area contributed by atoms with Crippen LogP contribution < -0.4 is 0 Å². The maximum Gasteiger partial charge on any atom is 0.342 e. The van der Waals surface area contributed by atoms with Gasteiger partial charge in [0.15, 0.2) is 6.10 Å². The Balaban J connectivity index is 2.09. The fraction of sp³-hybridized carbons (Fsp3) is 0.400. The second-order valence-electron chi connectivity index (χ2n) is 4.96. The van der Waals surface area contributed by atoms with Gasteiger partial charge in [-0.25, -0.2) is 9.59 Å². The van der Waals surface area contributed by atoms with Gasteiger partial charge in [0.25, 0.3) is 0 Å². The number of nitrogens with zero attached hydrogens (tertiary/aromatic N) is 1. The van der Waals surface area contributed by atoms with Gasteiger partial charge in [0, 0.05) is 12.4 Å². The highest BCUT2D eigenvalue weighted by atomic mass is 16.7. The zero-order valence-corrected chi connectivity index (χ0v) is 12.5. The van der Waals surface area contributed by atoms with E-state index in [9.17, 15) is 24.9 Å². The maximum atomic E-state index is 12.0. The number of carbonyl (C=O) groups is 2. The van der Waals surface area contributed by atoms with Crippen molar-refractivity contribution in [3.8, 4) is 0 Å². The van der Waals surface area contributed by atoms with E-state index in [1.165, 1.54) is 30.6 Å². The van der Waals surface area contributed by atoms with Crippen LogP contribution in [0.2, 0.25) is 0 Å². The van der Waals surface area contributed by atoms with Crippen LogP contribution in [0.4, 0.5) is 0 Å². The second kappa shape index (κ2) is 7.97. The zero-order chi connectivity index (χ0) is 17.7. The topological polar surface area (TPSA) is 135 Å². The summed E-state index contributed by atoms with van der Waals surface area (Å²) in [5, 5.41) is 29.6. The third-order valence-electron chi connectivity index (χ3n) is 3.27. The summed E-state index contributed by atoms with van der Waals surface area (Å²) in [5.41, 5.74) is 0.0831. The summed E-state index contributed by atoms with van der Waals surface area (Å²) in [6.07, 6.45) is -4.57. The Kier molecular flexibility index (Phi) is 5.99. The minimum absolute atomic E-state index is 0.0831. The lowest BCUT2D eigenvalue weighted by Gasteiger charge is -2.38. The summed E-state index contributed by atoms with van der Waals surface area (Å²) in [4.78, 5) is 27.5. The molecular formula is C15H17NO8. The number of hydrogen-bond donors (Lipinski definition) is 3. The molecule has 1 fully saturated rings. The Bertz CT molecular complexity index is 592. The minimum Gasteiger partial charge on any atom is -0.459 e. The van der Waals surface area contributed by atoms with Crippen LogP contribution in [0.15, 0.2) is 37.2 Å². The molecule has 1 aliphatic rings. The minimum atomic E-state index is -1.77. The molecule has 0 amide bonds. The fourth-order valence-corrected chi connectivity index (χ4v) is 2.02. The zero-order valence-electron chi connectivity index (χ0n) is 12.5. The van der Waals surface area contributed by atoms with Crippen LogP contribution in [0, 0.1) is 0 Å². The van der Waals surface area contributed by atoms with E-state index in [4.69, 9.17) is 14.2 Å². The molecule has 1 aromatic rings. The summed E-state index contributed by atoms with van der Waals surface area (Å²) < 4.78 is 14.8. The van der Waals surface area contributed by atoms with E-state index < -0.39 is 42.6 Å². The van der Waals surface area contributed by atoms with Crippen molar-refractivity contribution < 1.29 is 39.1 Å². The number of pyridine rings is 1. The highest BCUT2D eigenvalue weighted by molar-refractivity contribution is 5.89. The highest BCUT2D eigenvalue weighted by Crippen LogP contribution is 2.23. The van der Waals surface area contributed by atoms with Crippen LogP contribution in [-0.4, -0.2) is 69.6 Å². The van der Waals surface area contributed by atoms with Crippen molar-refractivity contribution in [3.63, 3.8) is 0 Å². The summed E-state index contributed by atoms with van der Waals surface area (Å²) in [6.45, 7) is 3.23. The number of hydrogen-bond acceptors (Lipinski definition) is 9. The van der Waals surface area contributed by atoms with E-state index in [0.717, 1.165) is 0 Å². The molecule has 1 saturated heterocycles. The molecule has 5 unspecified atom stereocenters. The highest BCUT2D eigenvalue weighted by Gasteiger charge is 2.49. The number of aromatic nitrogens is 1. The Hall–Kier alpha value is -2.33. The van der Waals surface area contributed by atoms with Gasteiger partial charge in [-0.2, -0.15) is 0 Å². The van der Waals surface area contributed by atoms with Crippen molar-refractivity contribution in [2.45, 2.75) is 30.7 Å². The van der Waals surface area contributed by atoms with Crippen LogP contribution in [0.25, 0.3) is 0 Å². The van der Waals surface area contributed by atoms with Gasteiger partial charge >= 0.3 is 11.9 Å². The van der Waals surface area contributed by atoms with E-state index in [2.05, 4.69) is 11.6 Å². The second-order valence-corrected chi connectivity index (χ2v) is 4.96. The summed E-state index contributed by atoms with van der Waals surface area (Å²) >= 11 is 0. The van der Waals surface area contributed by atoms with Crippen LogP contribution in [-0.2, 0) is 19.0 Å². The largest absolute Gasteiger partial charge is 0.459 e. The van der Waals surface area contributed by atoms with E-state index in [1.54, 1.807) is 0 Å². The summed E-state index contributed by atoms with van der Waals surface area (Å²) in [6, 6.07) is 2.93. The molecular weight excluding hydrogens is 322 g/mol. The Labute approximate surface area is 137 Å². The molecule has 9 heteroatoms. The number of rotatable bonds is 5. The first-order chi connectivity index (χ1) is 11.5. The van der Waals surface area contributed by atoms with Crippen molar-refractivity contribution in [1.82, 2.24) is 4.98 Å². The van der Waals surface area contributed by atoms with Gasteiger partial charge in [-0.1, -0.05) is 12.7 Å². The van der Waals surface area contributed by atoms with Gasteiger partial charge in [-0.15, -0.1) is 0 Å². The molecule has 2 heterocycles. The number of carbonyl (C=O) groups excluding carboxylic acids is 2. The van der Waals surface area contributed by atoms with Crippen molar-refractivity contribution in [1.29, 1.82) is 0 Å². The first-order valence-corrected chi connectivity index (χ1v) is 7.04. The molecule has 5 atom stereocenters. The van der Waals surface area contributed by atoms with E-state index in [0.29, 0.717) is 0 Å². The Morgan fingerprint density at radius 1 is 1.29 bits per heavy atom. The summed E-state index contributed by atoms with van der Waals surface area (Å²) in [5.74, 6) is -1.87. The maximum absolute atomic E-state index is 12.0. The average Bonchev–Trinajstić information content (AvgIpc) is 2.60. The van der Waals surface area contributed by atoms with Gasteiger partial charge in [0.2, 0.25) is 6.29 Å². The molecule has 0 bridgehead atoms. The molecule has 0 saturated carbocycles. The van der Waals surface area contributed by atoms with Gasteiger partial charge in [0.1, 0.15) is 24.9 Å². The Morgan fingerprint density at radius 2 is 2.04 bits per heavy atom. The number of aliphatic hydroxyl groups excluding tert-OH is 3. The molecule has 0 aromatic carbocycles. The monoisotopic (exact) mass is 339 g/mol. The molecule has 1 aliphatic heterocycles. The quantitative estimate of drug-likeness (QED) is 0.445. The molecule has 9 nitrogen and oxygen atoms in total. The lowest BCUT2D eigenvalue weighted by molar-refractivity contribution is -0.279. The molecule has 0 aliphatic carbocycles. The molecule has 0 spiro atoms. The SMILES string of the molecule is C=CCOC(=O)C1OC(OC(=O)c2cccnc2)C(O)C(O)C1O. The first kappa shape index (κ1) is 18.0. The average molecular weight is 339 g/mol. The lowest BCUT2D eigenvalue weighted by Crippen LogP contribution is -2.60. The molecule has 2 rings (SSSR count). The molecule has 3 N–H and O–H groups in total. The van der Waals surface area contributed by atoms with Crippen LogP contribution in [0.1, 0.15) is 10.4 Å². The predicted molar refractivity (Wildman–Crippen MR) is 77.5 cm³/mol. The van der Waals surface area contributed by atoms with E-state index in [1.807, 2.05) is 0 Å². The van der Waals surface area contributed by atoms with Gasteiger partial charge < -0.3 is 29.5 Å². The van der Waals surface area contributed by atoms with Gasteiger partial charge in [0.05, 0.1) is 5.56 Å². The Morgan fingerprint density at radius 3 is 2.67 bits per heavy atom. The van der Waals surface area contributed by atoms with Crippen LogP contribution in [0.3, 0.4) is 0 Å². The molecule has 130 valence electrons. The van der Waals surface area contributed by atoms with Crippen LogP contribution in [0.5, 0.6) is 0 Å². The van der Waals surface area contributed by atoms with Gasteiger partial charge in [-0.3, -0.25) is 4.98 Å². The third kappa shape index (κ3) is 3.95. The standard InChI is InChI=1S/C15H17NO8/c1-2-6-22-14(21)12-10(18)9(17)11(19)15(23-12)24-13(20)8-4-3-5-16-7-8/h2-5,7,9-12,15,17-19H,1,6H2. The van der Waals surface area contributed by atoms with Crippen molar-refractivity contribution in [2.75, 3.05) is 6.61 Å². The third-order valence-corrected chi connectivity index (χ3v) is 3.27. The van der Waals surface area contributed by atoms with Crippen molar-refractivity contribution >= 4 is 11.9 Å². The van der Waals surface area contributed by atoms with Crippen LogP contribution >= 0.6 is 0 Å². The number of ether oxygens (including phenoxy) is 3. The molecule has 24 heavy (non-hydrogen) atoms. The van der Waals surface area contributed by atoms with E-state index in [-0.39, 0.29) is 12.2 Å². The van der Waals surface area contributed by atoms with E-state index >= 15 is 0 Å². The predicted octanol–water partition coefficient (Wildman–Crippen LogP) is -1.22. The summed E-state index contributed by atoms with van der Waals surface area (Å²) in [7, 11) is 0. The first-order valence-electron chi connectivity index (χ1n) is 7.04. The molecule has 1 aromatic heterocycles. The molecule has 0 radical (unpaired) electrons.